The van der Waals surface area contributed by atoms with E-state index in [-0.39, 0.29) is 11.6 Å². The van der Waals surface area contributed by atoms with E-state index in [1.807, 2.05) is 0 Å². The minimum atomic E-state index is 0.183. The monoisotopic (exact) mass is 277 g/mol. The van der Waals surface area contributed by atoms with Crippen molar-refractivity contribution in [3.05, 3.63) is 29.8 Å². The predicted octanol–water partition coefficient (Wildman–Crippen LogP) is 4.60. The highest BCUT2D eigenvalue weighted by molar-refractivity contribution is 5.29. The van der Waals surface area contributed by atoms with Crippen molar-refractivity contribution in [2.24, 2.45) is 5.92 Å². The molecule has 0 amide bonds. The maximum atomic E-state index is 5.69. The van der Waals surface area contributed by atoms with Crippen LogP contribution in [0.2, 0.25) is 0 Å². The van der Waals surface area contributed by atoms with Crippen LogP contribution >= 0.6 is 0 Å². The van der Waals surface area contributed by atoms with Gasteiger partial charge in [0.2, 0.25) is 0 Å². The molecule has 0 spiro atoms. The highest BCUT2D eigenvalue weighted by Gasteiger charge is 2.17. The van der Waals surface area contributed by atoms with Gasteiger partial charge in [0.1, 0.15) is 5.75 Å². The highest BCUT2D eigenvalue weighted by atomic mass is 16.5. The van der Waals surface area contributed by atoms with Crippen molar-refractivity contribution in [2.45, 2.75) is 66.0 Å². The summed E-state index contributed by atoms with van der Waals surface area (Å²) in [5.74, 6) is 2.10. The van der Waals surface area contributed by atoms with Gasteiger partial charge in [-0.1, -0.05) is 26.0 Å². The van der Waals surface area contributed by atoms with E-state index in [0.29, 0.717) is 11.8 Å². The van der Waals surface area contributed by atoms with Crippen molar-refractivity contribution in [3.8, 4) is 5.75 Å². The maximum absolute atomic E-state index is 5.69. The van der Waals surface area contributed by atoms with Gasteiger partial charge < -0.3 is 10.1 Å². The molecular weight excluding hydrogens is 246 g/mol. The third kappa shape index (κ3) is 5.96. The number of rotatable bonds is 6. The van der Waals surface area contributed by atoms with Crippen LogP contribution in [0.5, 0.6) is 5.75 Å². The molecule has 0 aliphatic rings. The molecule has 2 nitrogen and oxygen atoms in total. The van der Waals surface area contributed by atoms with Gasteiger partial charge in [0.05, 0.1) is 6.10 Å². The Labute approximate surface area is 124 Å². The molecule has 114 valence electrons. The van der Waals surface area contributed by atoms with Gasteiger partial charge in [-0.25, -0.2) is 0 Å². The Hall–Kier alpha value is -1.02. The lowest BCUT2D eigenvalue weighted by Crippen LogP contribution is -2.39. The molecule has 0 bridgehead atoms. The van der Waals surface area contributed by atoms with Gasteiger partial charge in [-0.2, -0.15) is 0 Å². The lowest BCUT2D eigenvalue weighted by Gasteiger charge is -2.27. The third-order valence-corrected chi connectivity index (χ3v) is 3.59. The highest BCUT2D eigenvalue weighted by Crippen LogP contribution is 2.26. The van der Waals surface area contributed by atoms with Crippen molar-refractivity contribution in [2.75, 3.05) is 6.54 Å². The molecule has 20 heavy (non-hydrogen) atoms. The standard InChI is InChI=1S/C18H31NO/c1-13(2)20-17-10-8-16(9-11-17)15(4)14(3)12-19-18(5,6)7/h8-11,13-15,19H,12H2,1-7H3. The fraction of sp³-hybridized carbons (Fsp3) is 0.667. The van der Waals surface area contributed by atoms with Crippen LogP contribution < -0.4 is 10.1 Å². The van der Waals surface area contributed by atoms with Crippen LogP contribution in [0.15, 0.2) is 24.3 Å². The molecule has 0 radical (unpaired) electrons. The number of hydrogen-bond donors (Lipinski definition) is 1. The minimum absolute atomic E-state index is 0.183. The molecule has 0 fully saturated rings. The summed E-state index contributed by atoms with van der Waals surface area (Å²) in [4.78, 5) is 0. The van der Waals surface area contributed by atoms with Crippen molar-refractivity contribution >= 4 is 0 Å². The van der Waals surface area contributed by atoms with Crippen LogP contribution in [0.3, 0.4) is 0 Å². The van der Waals surface area contributed by atoms with Gasteiger partial charge >= 0.3 is 0 Å². The van der Waals surface area contributed by atoms with Crippen molar-refractivity contribution < 1.29 is 4.74 Å². The molecule has 0 saturated carbocycles. The molecule has 1 N–H and O–H groups in total. The summed E-state index contributed by atoms with van der Waals surface area (Å²) >= 11 is 0. The molecule has 1 aromatic carbocycles. The van der Waals surface area contributed by atoms with E-state index in [0.717, 1.165) is 12.3 Å². The van der Waals surface area contributed by atoms with E-state index in [2.05, 4.69) is 78.0 Å². The molecule has 0 saturated heterocycles. The van der Waals surface area contributed by atoms with E-state index in [9.17, 15) is 0 Å². The third-order valence-electron chi connectivity index (χ3n) is 3.59. The fourth-order valence-electron chi connectivity index (χ4n) is 2.09. The number of nitrogens with one attached hydrogen (secondary N) is 1. The van der Waals surface area contributed by atoms with Crippen LogP contribution in [-0.2, 0) is 0 Å². The fourth-order valence-corrected chi connectivity index (χ4v) is 2.09. The number of hydrogen-bond acceptors (Lipinski definition) is 2. The largest absolute Gasteiger partial charge is 0.491 e. The first-order chi connectivity index (χ1) is 9.19. The first-order valence-corrected chi connectivity index (χ1v) is 7.70. The Balaban J connectivity index is 2.60. The Morgan fingerprint density at radius 2 is 1.55 bits per heavy atom. The van der Waals surface area contributed by atoms with Gasteiger partial charge in [0.25, 0.3) is 0 Å². The Morgan fingerprint density at radius 1 is 1.00 bits per heavy atom. The van der Waals surface area contributed by atoms with Crippen LogP contribution in [0.4, 0.5) is 0 Å². The zero-order valence-corrected chi connectivity index (χ0v) is 14.2. The lowest BCUT2D eigenvalue weighted by molar-refractivity contribution is 0.242. The average molecular weight is 277 g/mol. The molecule has 0 aromatic heterocycles. The Bertz CT molecular complexity index is 389. The van der Waals surface area contributed by atoms with Gasteiger partial charge in [0.15, 0.2) is 0 Å². The van der Waals surface area contributed by atoms with E-state index in [4.69, 9.17) is 4.74 Å². The molecule has 2 atom stereocenters. The molecule has 0 aliphatic heterocycles. The summed E-state index contributed by atoms with van der Waals surface area (Å²) in [7, 11) is 0. The quantitative estimate of drug-likeness (QED) is 0.820. The second-order valence-electron chi connectivity index (χ2n) is 7.13. The summed E-state index contributed by atoms with van der Waals surface area (Å²) in [6, 6.07) is 8.54. The van der Waals surface area contributed by atoms with E-state index >= 15 is 0 Å². The topological polar surface area (TPSA) is 21.3 Å². The van der Waals surface area contributed by atoms with Crippen molar-refractivity contribution in [1.82, 2.24) is 5.32 Å². The zero-order valence-electron chi connectivity index (χ0n) is 14.2. The van der Waals surface area contributed by atoms with Gasteiger partial charge in [-0.15, -0.1) is 0 Å². The van der Waals surface area contributed by atoms with Crippen molar-refractivity contribution in [3.63, 3.8) is 0 Å². The van der Waals surface area contributed by atoms with Crippen LogP contribution in [0.1, 0.15) is 59.9 Å². The Kier molecular flexibility index (Phi) is 6.07. The molecule has 2 heteroatoms. The van der Waals surface area contributed by atoms with Gasteiger partial charge in [-0.3, -0.25) is 0 Å². The molecular formula is C18H31NO. The van der Waals surface area contributed by atoms with E-state index in [1.54, 1.807) is 0 Å². The van der Waals surface area contributed by atoms with E-state index < -0.39 is 0 Å². The Morgan fingerprint density at radius 3 is 2.00 bits per heavy atom. The van der Waals surface area contributed by atoms with Crippen LogP contribution in [0, 0.1) is 5.92 Å². The first-order valence-electron chi connectivity index (χ1n) is 7.70. The SMILES string of the molecule is CC(C)Oc1ccc(C(C)C(C)CNC(C)(C)C)cc1. The number of ether oxygens (including phenoxy) is 1. The summed E-state index contributed by atoms with van der Waals surface area (Å²) in [5.41, 5.74) is 1.56. The minimum Gasteiger partial charge on any atom is -0.491 e. The molecule has 2 unspecified atom stereocenters. The second kappa shape index (κ2) is 7.12. The molecule has 1 rings (SSSR count). The zero-order chi connectivity index (χ0) is 15.3. The lowest BCUT2D eigenvalue weighted by atomic mass is 9.88. The predicted molar refractivity (Wildman–Crippen MR) is 87.5 cm³/mol. The average Bonchev–Trinajstić information content (AvgIpc) is 2.34. The van der Waals surface area contributed by atoms with Crippen molar-refractivity contribution in [1.29, 1.82) is 0 Å². The summed E-state index contributed by atoms with van der Waals surface area (Å²) < 4.78 is 5.69. The smallest absolute Gasteiger partial charge is 0.119 e. The molecule has 0 heterocycles. The second-order valence-corrected chi connectivity index (χ2v) is 7.13. The summed E-state index contributed by atoms with van der Waals surface area (Å²) in [5, 5.41) is 3.59. The summed E-state index contributed by atoms with van der Waals surface area (Å²) in [6.07, 6.45) is 0.230. The number of benzene rings is 1. The van der Waals surface area contributed by atoms with Crippen LogP contribution in [0.25, 0.3) is 0 Å². The summed E-state index contributed by atoms with van der Waals surface area (Å²) in [6.45, 7) is 16.4. The van der Waals surface area contributed by atoms with Gasteiger partial charge in [-0.05, 0) is 70.7 Å². The van der Waals surface area contributed by atoms with Gasteiger partial charge in [0, 0.05) is 5.54 Å². The molecule has 0 aliphatic carbocycles. The first kappa shape index (κ1) is 17.0. The maximum Gasteiger partial charge on any atom is 0.119 e. The van der Waals surface area contributed by atoms with E-state index in [1.165, 1.54) is 5.56 Å². The molecule has 1 aromatic rings. The van der Waals surface area contributed by atoms with Crippen LogP contribution in [-0.4, -0.2) is 18.2 Å². The normalized spacial score (nSPS) is 15.2.